The molecule has 106 valence electrons. The second-order valence-electron chi connectivity index (χ2n) is 5.26. The summed E-state index contributed by atoms with van der Waals surface area (Å²) in [6.45, 7) is 8.54. The number of ether oxygens (including phenoxy) is 1. The molecule has 1 saturated heterocycles. The highest BCUT2D eigenvalue weighted by molar-refractivity contribution is 5.87. The van der Waals surface area contributed by atoms with Crippen molar-refractivity contribution in [2.24, 2.45) is 0 Å². The number of nitrogens with one attached hydrogen (secondary N) is 1. The number of hydrogen-bond donors (Lipinski definition) is 1. The molecule has 0 aromatic heterocycles. The number of carbonyl (C=O) groups is 1. The van der Waals surface area contributed by atoms with Crippen LogP contribution >= 0.6 is 0 Å². The Balaban J connectivity index is 2.80. The van der Waals surface area contributed by atoms with E-state index in [2.05, 4.69) is 19.2 Å². The van der Waals surface area contributed by atoms with Gasteiger partial charge in [0.2, 0.25) is 5.91 Å². The van der Waals surface area contributed by atoms with Gasteiger partial charge in [-0.3, -0.25) is 4.79 Å². The maximum absolute atomic E-state index is 12.8. The quantitative estimate of drug-likeness (QED) is 0.755. The van der Waals surface area contributed by atoms with Crippen molar-refractivity contribution < 1.29 is 9.53 Å². The fourth-order valence-electron chi connectivity index (χ4n) is 3.00. The monoisotopic (exact) mass is 256 g/mol. The van der Waals surface area contributed by atoms with E-state index in [0.29, 0.717) is 6.61 Å². The van der Waals surface area contributed by atoms with E-state index >= 15 is 0 Å². The van der Waals surface area contributed by atoms with Gasteiger partial charge in [0.05, 0.1) is 18.2 Å². The van der Waals surface area contributed by atoms with Gasteiger partial charge in [-0.05, 0) is 39.7 Å². The molecule has 1 fully saturated rings. The van der Waals surface area contributed by atoms with Gasteiger partial charge in [-0.1, -0.05) is 13.3 Å². The largest absolute Gasteiger partial charge is 0.383 e. The van der Waals surface area contributed by atoms with Crippen LogP contribution in [0.5, 0.6) is 0 Å². The molecule has 0 saturated carbocycles. The van der Waals surface area contributed by atoms with Crippen molar-refractivity contribution >= 4 is 5.91 Å². The molecular weight excluding hydrogens is 228 g/mol. The predicted molar refractivity (Wildman–Crippen MR) is 73.6 cm³/mol. The minimum absolute atomic E-state index is 0.142. The molecule has 0 aromatic carbocycles. The number of rotatable bonds is 7. The summed E-state index contributed by atoms with van der Waals surface area (Å²) < 4.78 is 5.18. The van der Waals surface area contributed by atoms with Crippen LogP contribution in [0.4, 0.5) is 0 Å². The molecular formula is C14H28N2O2. The Kier molecular flexibility index (Phi) is 6.09. The molecule has 0 bridgehead atoms. The molecule has 2 atom stereocenters. The zero-order valence-electron chi connectivity index (χ0n) is 12.3. The Hall–Kier alpha value is -0.610. The summed E-state index contributed by atoms with van der Waals surface area (Å²) in [5.74, 6) is 0.258. The highest BCUT2D eigenvalue weighted by Crippen LogP contribution is 2.27. The Morgan fingerprint density at radius 3 is 2.67 bits per heavy atom. The Labute approximate surface area is 111 Å². The lowest BCUT2D eigenvalue weighted by atomic mass is 9.89. The second-order valence-corrected chi connectivity index (χ2v) is 5.26. The Bertz CT molecular complexity index is 263. The van der Waals surface area contributed by atoms with E-state index in [1.165, 1.54) is 0 Å². The van der Waals surface area contributed by atoms with E-state index in [-0.39, 0.29) is 17.5 Å². The predicted octanol–water partition coefficient (Wildman–Crippen LogP) is 1.79. The smallest absolute Gasteiger partial charge is 0.243 e. The van der Waals surface area contributed by atoms with Gasteiger partial charge in [0.25, 0.3) is 0 Å². The van der Waals surface area contributed by atoms with Crippen molar-refractivity contribution in [2.75, 3.05) is 26.8 Å². The third kappa shape index (κ3) is 3.23. The maximum atomic E-state index is 12.8. The summed E-state index contributed by atoms with van der Waals surface area (Å²) in [6.07, 6.45) is 4.04. The zero-order valence-corrected chi connectivity index (χ0v) is 12.3. The summed E-state index contributed by atoms with van der Waals surface area (Å²) in [4.78, 5) is 14.8. The summed E-state index contributed by atoms with van der Waals surface area (Å²) in [5, 5.41) is 3.45. The van der Waals surface area contributed by atoms with Crippen LogP contribution in [0.15, 0.2) is 0 Å². The average molecular weight is 256 g/mol. The van der Waals surface area contributed by atoms with Crippen molar-refractivity contribution in [3.8, 4) is 0 Å². The van der Waals surface area contributed by atoms with Crippen molar-refractivity contribution in [1.29, 1.82) is 0 Å². The van der Waals surface area contributed by atoms with Crippen LogP contribution in [0, 0.1) is 0 Å². The van der Waals surface area contributed by atoms with E-state index in [0.717, 1.165) is 38.8 Å². The topological polar surface area (TPSA) is 41.6 Å². The highest BCUT2D eigenvalue weighted by Gasteiger charge is 2.43. The van der Waals surface area contributed by atoms with E-state index in [9.17, 15) is 4.79 Å². The third-order valence-electron chi connectivity index (χ3n) is 3.87. The van der Waals surface area contributed by atoms with Crippen LogP contribution in [0.2, 0.25) is 0 Å². The Morgan fingerprint density at radius 1 is 1.50 bits per heavy atom. The van der Waals surface area contributed by atoms with Crippen molar-refractivity contribution in [2.45, 2.75) is 58.0 Å². The highest BCUT2D eigenvalue weighted by atomic mass is 16.5. The molecule has 18 heavy (non-hydrogen) atoms. The molecule has 1 rings (SSSR count). The van der Waals surface area contributed by atoms with Gasteiger partial charge in [-0.15, -0.1) is 0 Å². The van der Waals surface area contributed by atoms with Crippen molar-refractivity contribution in [3.63, 3.8) is 0 Å². The molecule has 1 amide bonds. The lowest BCUT2D eigenvalue weighted by Crippen LogP contribution is -2.57. The first-order valence-corrected chi connectivity index (χ1v) is 7.16. The van der Waals surface area contributed by atoms with Crippen molar-refractivity contribution in [1.82, 2.24) is 10.2 Å². The van der Waals surface area contributed by atoms with Gasteiger partial charge >= 0.3 is 0 Å². The van der Waals surface area contributed by atoms with E-state index < -0.39 is 0 Å². The van der Waals surface area contributed by atoms with Crippen LogP contribution < -0.4 is 5.32 Å². The molecule has 1 heterocycles. The molecule has 4 heteroatoms. The van der Waals surface area contributed by atoms with Crippen LogP contribution in [-0.2, 0) is 9.53 Å². The summed E-state index contributed by atoms with van der Waals surface area (Å²) in [7, 11) is 1.68. The molecule has 2 unspecified atom stereocenters. The molecule has 1 N–H and O–H groups in total. The van der Waals surface area contributed by atoms with Gasteiger partial charge < -0.3 is 15.0 Å². The SMILES string of the molecule is CCCC1(C(=O)N(CC)C(C)COC)CCCN1. The van der Waals surface area contributed by atoms with E-state index in [4.69, 9.17) is 4.74 Å². The molecule has 0 aromatic rings. The number of hydrogen-bond acceptors (Lipinski definition) is 3. The number of likely N-dealkylation sites (N-methyl/N-ethyl adjacent to an activating group) is 1. The van der Waals surface area contributed by atoms with E-state index in [1.54, 1.807) is 7.11 Å². The van der Waals surface area contributed by atoms with Gasteiger partial charge in [0.1, 0.15) is 0 Å². The number of carbonyl (C=O) groups excluding carboxylic acids is 1. The zero-order chi connectivity index (χ0) is 13.6. The van der Waals surface area contributed by atoms with Crippen LogP contribution in [0.1, 0.15) is 46.5 Å². The average Bonchev–Trinajstić information content (AvgIpc) is 2.80. The van der Waals surface area contributed by atoms with Crippen LogP contribution in [-0.4, -0.2) is 49.2 Å². The lowest BCUT2D eigenvalue weighted by Gasteiger charge is -2.37. The third-order valence-corrected chi connectivity index (χ3v) is 3.87. The number of methoxy groups -OCH3 is 1. The molecule has 4 nitrogen and oxygen atoms in total. The molecule has 0 spiro atoms. The van der Waals surface area contributed by atoms with Gasteiger partial charge in [-0.2, -0.15) is 0 Å². The number of amides is 1. The first-order valence-electron chi connectivity index (χ1n) is 7.16. The normalized spacial score (nSPS) is 25.1. The molecule has 1 aliphatic heterocycles. The number of nitrogens with zero attached hydrogens (tertiary/aromatic N) is 1. The summed E-state index contributed by atoms with van der Waals surface area (Å²) in [5.41, 5.74) is -0.313. The maximum Gasteiger partial charge on any atom is 0.243 e. The second kappa shape index (κ2) is 7.10. The molecule has 0 radical (unpaired) electrons. The minimum atomic E-state index is -0.313. The van der Waals surface area contributed by atoms with E-state index in [1.807, 2.05) is 11.8 Å². The molecule has 0 aliphatic carbocycles. The van der Waals surface area contributed by atoms with Crippen molar-refractivity contribution in [3.05, 3.63) is 0 Å². The van der Waals surface area contributed by atoms with Crippen LogP contribution in [0.25, 0.3) is 0 Å². The Morgan fingerprint density at radius 2 is 2.22 bits per heavy atom. The summed E-state index contributed by atoms with van der Waals surface area (Å²) in [6, 6.07) is 0.142. The van der Waals surface area contributed by atoms with Gasteiger partial charge in [0, 0.05) is 13.7 Å². The minimum Gasteiger partial charge on any atom is -0.383 e. The summed E-state index contributed by atoms with van der Waals surface area (Å²) >= 11 is 0. The standard InChI is InChI=1S/C14H28N2O2/c1-5-8-14(9-7-10-15-14)13(17)16(6-2)12(3)11-18-4/h12,15H,5-11H2,1-4H3. The lowest BCUT2D eigenvalue weighted by molar-refractivity contribution is -0.141. The fraction of sp³-hybridized carbons (Fsp3) is 0.929. The van der Waals surface area contributed by atoms with Crippen LogP contribution in [0.3, 0.4) is 0 Å². The molecule has 1 aliphatic rings. The first kappa shape index (κ1) is 15.4. The van der Waals surface area contributed by atoms with Gasteiger partial charge in [-0.25, -0.2) is 0 Å². The fourth-order valence-corrected chi connectivity index (χ4v) is 3.00. The first-order chi connectivity index (χ1) is 8.61. The van der Waals surface area contributed by atoms with Gasteiger partial charge in [0.15, 0.2) is 0 Å².